The monoisotopic (exact) mass is 374 g/mol. The smallest absolute Gasteiger partial charge is 0.227 e. The van der Waals surface area contributed by atoms with Gasteiger partial charge in [0.05, 0.1) is 5.92 Å². The van der Waals surface area contributed by atoms with Gasteiger partial charge in [0, 0.05) is 24.7 Å². The molecule has 4 nitrogen and oxygen atoms in total. The van der Waals surface area contributed by atoms with Crippen molar-refractivity contribution in [2.24, 2.45) is 17.3 Å². The summed E-state index contributed by atoms with van der Waals surface area (Å²) < 4.78 is 13.1. The topological polar surface area (TPSA) is 49.4 Å². The number of benzene rings is 1. The Morgan fingerprint density at radius 3 is 2.41 bits per heavy atom. The third-order valence-electron chi connectivity index (χ3n) is 6.72. The van der Waals surface area contributed by atoms with Crippen molar-refractivity contribution in [3.05, 3.63) is 30.1 Å². The van der Waals surface area contributed by atoms with Crippen LogP contribution in [0.25, 0.3) is 0 Å². The molecular weight excluding hydrogens is 343 g/mol. The summed E-state index contributed by atoms with van der Waals surface area (Å²) in [6, 6.07) is 6.07. The molecule has 1 aliphatic carbocycles. The Hall–Kier alpha value is -1.91. The number of nitrogens with zero attached hydrogens (tertiary/aromatic N) is 1. The van der Waals surface area contributed by atoms with Gasteiger partial charge in [-0.05, 0) is 61.3 Å². The zero-order valence-corrected chi connectivity index (χ0v) is 16.6. The van der Waals surface area contributed by atoms with Crippen LogP contribution in [-0.2, 0) is 9.59 Å². The molecule has 5 heteroatoms. The van der Waals surface area contributed by atoms with E-state index < -0.39 is 0 Å². The minimum Gasteiger partial charge on any atom is -0.353 e. The molecule has 0 bridgehead atoms. The molecule has 0 unspecified atom stereocenters. The van der Waals surface area contributed by atoms with E-state index in [9.17, 15) is 14.0 Å². The Balaban J connectivity index is 1.52. The lowest BCUT2D eigenvalue weighted by molar-refractivity contribution is -0.127. The Bertz CT molecular complexity index is 678. The number of hydrogen-bond acceptors (Lipinski definition) is 2. The number of rotatable bonds is 5. The lowest BCUT2D eigenvalue weighted by Gasteiger charge is -2.39. The van der Waals surface area contributed by atoms with E-state index in [1.54, 1.807) is 17.0 Å². The van der Waals surface area contributed by atoms with Crippen LogP contribution in [0, 0.1) is 23.1 Å². The van der Waals surface area contributed by atoms with Crippen LogP contribution in [0.1, 0.15) is 59.3 Å². The maximum absolute atomic E-state index is 13.1. The van der Waals surface area contributed by atoms with Gasteiger partial charge in [-0.3, -0.25) is 9.59 Å². The molecule has 0 spiro atoms. The van der Waals surface area contributed by atoms with E-state index in [4.69, 9.17) is 0 Å². The predicted octanol–water partition coefficient (Wildman–Crippen LogP) is 4.29. The summed E-state index contributed by atoms with van der Waals surface area (Å²) in [5, 5.41) is 3.17. The summed E-state index contributed by atoms with van der Waals surface area (Å²) in [7, 11) is 0. The number of carbonyl (C=O) groups excluding carboxylic acids is 2. The highest BCUT2D eigenvalue weighted by atomic mass is 19.1. The third kappa shape index (κ3) is 4.50. The summed E-state index contributed by atoms with van der Waals surface area (Å²) in [4.78, 5) is 26.6. The molecule has 1 heterocycles. The maximum Gasteiger partial charge on any atom is 0.227 e. The molecule has 1 saturated heterocycles. The second kappa shape index (κ2) is 7.99. The van der Waals surface area contributed by atoms with Gasteiger partial charge in [-0.1, -0.05) is 27.2 Å². The van der Waals surface area contributed by atoms with Gasteiger partial charge in [0.25, 0.3) is 0 Å². The minimum atomic E-state index is -0.332. The highest BCUT2D eigenvalue weighted by molar-refractivity contribution is 6.00. The molecule has 27 heavy (non-hydrogen) atoms. The van der Waals surface area contributed by atoms with E-state index >= 15 is 0 Å². The number of hydrogen-bond donors (Lipinski definition) is 1. The van der Waals surface area contributed by atoms with Crippen LogP contribution < -0.4 is 10.2 Å². The van der Waals surface area contributed by atoms with Gasteiger partial charge in [-0.25, -0.2) is 4.39 Å². The lowest BCUT2D eigenvalue weighted by atomic mass is 9.69. The SMILES string of the molecule is CCC(C)(C)C1CCC(NC(=O)[C@H]2CC(=O)N(c3ccc(F)cc3)C2)CC1. The summed E-state index contributed by atoms with van der Waals surface area (Å²) in [6.07, 6.45) is 5.73. The first-order chi connectivity index (χ1) is 12.8. The molecule has 2 aliphatic rings. The van der Waals surface area contributed by atoms with Crippen molar-refractivity contribution in [3.63, 3.8) is 0 Å². The van der Waals surface area contributed by atoms with Crippen molar-refractivity contribution in [2.45, 2.75) is 65.3 Å². The van der Waals surface area contributed by atoms with E-state index in [-0.39, 0.29) is 36.0 Å². The van der Waals surface area contributed by atoms with Crippen molar-refractivity contribution >= 4 is 17.5 Å². The first-order valence-electron chi connectivity index (χ1n) is 10.2. The molecule has 1 saturated carbocycles. The summed E-state index contributed by atoms with van der Waals surface area (Å²) in [5.74, 6) is -0.0343. The second-order valence-electron chi connectivity index (χ2n) is 8.78. The van der Waals surface area contributed by atoms with Gasteiger partial charge in [-0.15, -0.1) is 0 Å². The molecule has 2 amide bonds. The Kier molecular flexibility index (Phi) is 5.87. The fourth-order valence-electron chi connectivity index (χ4n) is 4.38. The molecule has 1 aromatic rings. The highest BCUT2D eigenvalue weighted by Crippen LogP contribution is 2.40. The number of amides is 2. The number of halogens is 1. The van der Waals surface area contributed by atoms with Crippen molar-refractivity contribution in [3.8, 4) is 0 Å². The van der Waals surface area contributed by atoms with Crippen LogP contribution in [0.3, 0.4) is 0 Å². The van der Waals surface area contributed by atoms with Gasteiger partial charge in [0.15, 0.2) is 0 Å². The number of nitrogens with one attached hydrogen (secondary N) is 1. The number of carbonyl (C=O) groups is 2. The van der Waals surface area contributed by atoms with E-state index in [2.05, 4.69) is 26.1 Å². The van der Waals surface area contributed by atoms with Crippen LogP contribution in [0.2, 0.25) is 0 Å². The number of anilines is 1. The minimum absolute atomic E-state index is 0.0221. The van der Waals surface area contributed by atoms with Crippen LogP contribution in [0.15, 0.2) is 24.3 Å². The first-order valence-corrected chi connectivity index (χ1v) is 10.2. The molecule has 148 valence electrons. The van der Waals surface area contributed by atoms with Crippen molar-refractivity contribution < 1.29 is 14.0 Å². The standard InChI is InChI=1S/C22H31FN2O2/c1-4-22(2,3)16-5-9-18(10-6-16)24-21(27)15-13-20(26)25(14-15)19-11-7-17(23)8-12-19/h7-8,11-12,15-16,18H,4-6,9-10,13-14H2,1-3H3,(H,24,27)/t15-,16?,18?/m0/s1. The Morgan fingerprint density at radius 1 is 1.19 bits per heavy atom. The molecule has 3 rings (SSSR count). The Morgan fingerprint density at radius 2 is 1.81 bits per heavy atom. The second-order valence-corrected chi connectivity index (χ2v) is 8.78. The Labute approximate surface area is 161 Å². The van der Waals surface area contributed by atoms with Gasteiger partial charge in [0.1, 0.15) is 5.82 Å². The van der Waals surface area contributed by atoms with Crippen LogP contribution >= 0.6 is 0 Å². The molecular formula is C22H31FN2O2. The average Bonchev–Trinajstić information content (AvgIpc) is 3.05. The molecule has 0 aromatic heterocycles. The zero-order chi connectivity index (χ0) is 19.6. The average molecular weight is 375 g/mol. The summed E-state index contributed by atoms with van der Waals surface area (Å²) in [5.41, 5.74) is 1.02. The van der Waals surface area contributed by atoms with Crippen LogP contribution in [0.5, 0.6) is 0 Å². The lowest BCUT2D eigenvalue weighted by Crippen LogP contribution is -2.43. The van der Waals surface area contributed by atoms with E-state index in [0.29, 0.717) is 17.6 Å². The van der Waals surface area contributed by atoms with Crippen LogP contribution in [-0.4, -0.2) is 24.4 Å². The fourth-order valence-corrected chi connectivity index (χ4v) is 4.38. The van der Waals surface area contributed by atoms with Crippen LogP contribution in [0.4, 0.5) is 10.1 Å². The fraction of sp³-hybridized carbons (Fsp3) is 0.636. The molecule has 1 aromatic carbocycles. The van der Waals surface area contributed by atoms with Gasteiger partial charge in [-0.2, -0.15) is 0 Å². The normalized spacial score (nSPS) is 26.3. The van der Waals surface area contributed by atoms with Gasteiger partial charge >= 0.3 is 0 Å². The maximum atomic E-state index is 13.1. The zero-order valence-electron chi connectivity index (χ0n) is 16.6. The molecule has 2 fully saturated rings. The summed E-state index contributed by atoms with van der Waals surface area (Å²) in [6.45, 7) is 7.29. The van der Waals surface area contributed by atoms with Crippen molar-refractivity contribution in [2.75, 3.05) is 11.4 Å². The molecule has 1 N–H and O–H groups in total. The van der Waals surface area contributed by atoms with Gasteiger partial charge in [0.2, 0.25) is 11.8 Å². The van der Waals surface area contributed by atoms with Crippen molar-refractivity contribution in [1.82, 2.24) is 5.32 Å². The largest absolute Gasteiger partial charge is 0.353 e. The third-order valence-corrected chi connectivity index (χ3v) is 6.72. The molecule has 1 aliphatic heterocycles. The first kappa shape index (κ1) is 19.8. The predicted molar refractivity (Wildman–Crippen MR) is 105 cm³/mol. The highest BCUT2D eigenvalue weighted by Gasteiger charge is 2.37. The van der Waals surface area contributed by atoms with Crippen molar-refractivity contribution in [1.29, 1.82) is 0 Å². The van der Waals surface area contributed by atoms with Gasteiger partial charge < -0.3 is 10.2 Å². The quantitative estimate of drug-likeness (QED) is 0.836. The molecule has 1 atom stereocenters. The van der Waals surface area contributed by atoms with E-state index in [0.717, 1.165) is 31.6 Å². The molecule has 0 radical (unpaired) electrons. The summed E-state index contributed by atoms with van der Waals surface area (Å²) >= 11 is 0. The van der Waals surface area contributed by atoms with E-state index in [1.807, 2.05) is 0 Å². The van der Waals surface area contributed by atoms with E-state index in [1.165, 1.54) is 18.6 Å².